The van der Waals surface area contributed by atoms with E-state index in [0.717, 1.165) is 25.8 Å². The van der Waals surface area contributed by atoms with Gasteiger partial charge in [0.2, 0.25) is 0 Å². The Morgan fingerprint density at radius 2 is 2.00 bits per heavy atom. The standard InChI is InChI=1S/C10H18F3N/c1-14-6-5-8-3-2-4-9(7-8)10(11,12)13/h8-9,14H,2-7H2,1H3. The first-order chi connectivity index (χ1) is 6.54. The molecule has 0 radical (unpaired) electrons. The summed E-state index contributed by atoms with van der Waals surface area (Å²) >= 11 is 0. The summed E-state index contributed by atoms with van der Waals surface area (Å²) < 4.78 is 37.3. The minimum atomic E-state index is -3.97. The molecular weight excluding hydrogens is 191 g/mol. The zero-order valence-electron chi connectivity index (χ0n) is 8.53. The van der Waals surface area contributed by atoms with Crippen molar-refractivity contribution in [2.75, 3.05) is 13.6 Å². The lowest BCUT2D eigenvalue weighted by molar-refractivity contribution is -0.185. The minimum absolute atomic E-state index is 0.267. The summed E-state index contributed by atoms with van der Waals surface area (Å²) in [7, 11) is 1.84. The third-order valence-corrected chi connectivity index (χ3v) is 3.05. The molecule has 1 fully saturated rings. The lowest BCUT2D eigenvalue weighted by Gasteiger charge is -2.30. The van der Waals surface area contributed by atoms with Gasteiger partial charge < -0.3 is 5.32 Å². The van der Waals surface area contributed by atoms with Gasteiger partial charge in [0.25, 0.3) is 0 Å². The molecule has 0 aromatic heterocycles. The summed E-state index contributed by atoms with van der Waals surface area (Å²) in [5.74, 6) is -0.777. The fourth-order valence-corrected chi connectivity index (χ4v) is 2.20. The first-order valence-electron chi connectivity index (χ1n) is 5.25. The second-order valence-corrected chi connectivity index (χ2v) is 4.16. The van der Waals surface area contributed by atoms with E-state index in [1.807, 2.05) is 7.05 Å². The maximum atomic E-state index is 12.4. The Bertz CT molecular complexity index is 167. The van der Waals surface area contributed by atoms with Crippen LogP contribution in [0.5, 0.6) is 0 Å². The van der Waals surface area contributed by atoms with Crippen LogP contribution in [0.3, 0.4) is 0 Å². The third kappa shape index (κ3) is 3.48. The lowest BCUT2D eigenvalue weighted by Crippen LogP contribution is -2.29. The number of hydrogen-bond acceptors (Lipinski definition) is 1. The highest BCUT2D eigenvalue weighted by Crippen LogP contribution is 2.40. The van der Waals surface area contributed by atoms with E-state index in [4.69, 9.17) is 0 Å². The van der Waals surface area contributed by atoms with E-state index in [1.165, 1.54) is 0 Å². The molecule has 1 N–H and O–H groups in total. The molecule has 0 heterocycles. The SMILES string of the molecule is CNCCC1CCCC(C(F)(F)F)C1. The van der Waals surface area contributed by atoms with Crippen molar-refractivity contribution in [3.8, 4) is 0 Å². The molecule has 1 saturated carbocycles. The van der Waals surface area contributed by atoms with Gasteiger partial charge in [-0.05, 0) is 38.8 Å². The molecule has 2 atom stereocenters. The number of alkyl halides is 3. The molecule has 1 aliphatic carbocycles. The average molecular weight is 209 g/mol. The van der Waals surface area contributed by atoms with Crippen LogP contribution in [0.2, 0.25) is 0 Å². The van der Waals surface area contributed by atoms with Crippen molar-refractivity contribution in [1.29, 1.82) is 0 Å². The van der Waals surface area contributed by atoms with Crippen molar-refractivity contribution < 1.29 is 13.2 Å². The van der Waals surface area contributed by atoms with Crippen LogP contribution < -0.4 is 5.32 Å². The zero-order chi connectivity index (χ0) is 10.6. The van der Waals surface area contributed by atoms with Gasteiger partial charge in [0, 0.05) is 0 Å². The topological polar surface area (TPSA) is 12.0 Å². The molecule has 0 aliphatic heterocycles. The second kappa shape index (κ2) is 5.01. The van der Waals surface area contributed by atoms with Gasteiger partial charge in [-0.2, -0.15) is 13.2 Å². The molecule has 2 unspecified atom stereocenters. The van der Waals surface area contributed by atoms with Crippen molar-refractivity contribution in [3.05, 3.63) is 0 Å². The Morgan fingerprint density at radius 3 is 2.57 bits per heavy atom. The second-order valence-electron chi connectivity index (χ2n) is 4.16. The molecule has 4 heteroatoms. The van der Waals surface area contributed by atoms with Crippen LogP contribution in [0.1, 0.15) is 32.1 Å². The van der Waals surface area contributed by atoms with Gasteiger partial charge in [-0.15, -0.1) is 0 Å². The van der Waals surface area contributed by atoms with Crippen molar-refractivity contribution in [2.45, 2.75) is 38.3 Å². The van der Waals surface area contributed by atoms with Crippen molar-refractivity contribution in [2.24, 2.45) is 11.8 Å². The molecule has 1 aliphatic rings. The highest BCUT2D eigenvalue weighted by Gasteiger charge is 2.41. The Balaban J connectivity index is 2.36. The van der Waals surface area contributed by atoms with Crippen LogP contribution in [-0.2, 0) is 0 Å². The van der Waals surface area contributed by atoms with E-state index in [1.54, 1.807) is 0 Å². The molecule has 0 aromatic carbocycles. The largest absolute Gasteiger partial charge is 0.391 e. The Hall–Kier alpha value is -0.250. The predicted molar refractivity (Wildman–Crippen MR) is 50.0 cm³/mol. The van der Waals surface area contributed by atoms with Crippen molar-refractivity contribution in [3.63, 3.8) is 0 Å². The van der Waals surface area contributed by atoms with Gasteiger partial charge in [-0.3, -0.25) is 0 Å². The molecule has 0 amide bonds. The van der Waals surface area contributed by atoms with Crippen LogP contribution in [0.4, 0.5) is 13.2 Å². The number of nitrogens with one attached hydrogen (secondary N) is 1. The highest BCUT2D eigenvalue weighted by molar-refractivity contribution is 4.78. The maximum Gasteiger partial charge on any atom is 0.391 e. The summed E-state index contributed by atoms with van der Waals surface area (Å²) in [5.41, 5.74) is 0. The zero-order valence-corrected chi connectivity index (χ0v) is 8.53. The van der Waals surface area contributed by atoms with E-state index < -0.39 is 12.1 Å². The quantitative estimate of drug-likeness (QED) is 0.753. The molecule has 14 heavy (non-hydrogen) atoms. The van der Waals surface area contributed by atoms with Gasteiger partial charge in [-0.25, -0.2) is 0 Å². The average Bonchev–Trinajstić information content (AvgIpc) is 2.14. The fraction of sp³-hybridized carbons (Fsp3) is 1.00. The van der Waals surface area contributed by atoms with Crippen molar-refractivity contribution in [1.82, 2.24) is 5.32 Å². The summed E-state index contributed by atoms with van der Waals surface area (Å²) in [6.45, 7) is 0.829. The van der Waals surface area contributed by atoms with Gasteiger partial charge in [-0.1, -0.05) is 12.8 Å². The van der Waals surface area contributed by atoms with E-state index in [9.17, 15) is 13.2 Å². The maximum absolute atomic E-state index is 12.4. The Kier molecular flexibility index (Phi) is 4.23. The molecule has 84 valence electrons. The highest BCUT2D eigenvalue weighted by atomic mass is 19.4. The summed E-state index contributed by atoms with van der Waals surface area (Å²) in [5, 5.41) is 2.99. The summed E-state index contributed by atoms with van der Waals surface area (Å²) in [6, 6.07) is 0. The molecular formula is C10H18F3N. The normalized spacial score (nSPS) is 29.1. The van der Waals surface area contributed by atoms with Crippen LogP contribution in [0.15, 0.2) is 0 Å². The smallest absolute Gasteiger partial charge is 0.320 e. The van der Waals surface area contributed by atoms with Gasteiger partial charge in [0.15, 0.2) is 0 Å². The summed E-state index contributed by atoms with van der Waals surface area (Å²) in [6.07, 6.45) is -0.723. The molecule has 0 bridgehead atoms. The Labute approximate surface area is 83.1 Å². The van der Waals surface area contributed by atoms with Crippen LogP contribution in [0, 0.1) is 11.8 Å². The van der Waals surface area contributed by atoms with E-state index in [0.29, 0.717) is 12.8 Å². The number of rotatable bonds is 3. The van der Waals surface area contributed by atoms with E-state index in [2.05, 4.69) is 5.32 Å². The summed E-state index contributed by atoms with van der Waals surface area (Å²) in [4.78, 5) is 0. The first-order valence-corrected chi connectivity index (χ1v) is 5.25. The molecule has 1 nitrogen and oxygen atoms in total. The van der Waals surface area contributed by atoms with E-state index >= 15 is 0 Å². The number of hydrogen-bond donors (Lipinski definition) is 1. The van der Waals surface area contributed by atoms with Gasteiger partial charge in [0.05, 0.1) is 5.92 Å². The molecule has 0 saturated heterocycles. The van der Waals surface area contributed by atoms with Crippen LogP contribution in [-0.4, -0.2) is 19.8 Å². The minimum Gasteiger partial charge on any atom is -0.320 e. The van der Waals surface area contributed by atoms with Crippen molar-refractivity contribution >= 4 is 0 Å². The monoisotopic (exact) mass is 209 g/mol. The predicted octanol–water partition coefficient (Wildman–Crippen LogP) is 2.96. The van der Waals surface area contributed by atoms with Crippen LogP contribution >= 0.6 is 0 Å². The lowest BCUT2D eigenvalue weighted by atomic mass is 9.79. The molecule has 0 spiro atoms. The van der Waals surface area contributed by atoms with Crippen LogP contribution in [0.25, 0.3) is 0 Å². The third-order valence-electron chi connectivity index (χ3n) is 3.05. The molecule has 1 rings (SSSR count). The molecule has 0 aromatic rings. The fourth-order valence-electron chi connectivity index (χ4n) is 2.20. The first kappa shape index (κ1) is 11.8. The van der Waals surface area contributed by atoms with E-state index in [-0.39, 0.29) is 5.92 Å². The number of halogens is 3. The Morgan fingerprint density at radius 1 is 1.29 bits per heavy atom. The van der Waals surface area contributed by atoms with Gasteiger partial charge >= 0.3 is 6.18 Å². The van der Waals surface area contributed by atoms with Gasteiger partial charge in [0.1, 0.15) is 0 Å².